The maximum absolute atomic E-state index is 4.40. The number of benzene rings is 1. The van der Waals surface area contributed by atoms with E-state index in [1.54, 1.807) is 11.3 Å². The van der Waals surface area contributed by atoms with Gasteiger partial charge in [0.15, 0.2) is 0 Å². The van der Waals surface area contributed by atoms with Gasteiger partial charge >= 0.3 is 0 Å². The molecular formula is C18H17NS. The Hall–Kier alpha value is -1.93. The summed E-state index contributed by atoms with van der Waals surface area (Å²) in [5, 5.41) is 2.09. The van der Waals surface area contributed by atoms with Crippen molar-refractivity contribution in [3.05, 3.63) is 64.9 Å². The molecule has 2 heteroatoms. The van der Waals surface area contributed by atoms with E-state index in [2.05, 4.69) is 53.9 Å². The van der Waals surface area contributed by atoms with E-state index >= 15 is 0 Å². The second kappa shape index (κ2) is 5.59. The van der Waals surface area contributed by atoms with Crippen molar-refractivity contribution >= 4 is 34.4 Å². The lowest BCUT2D eigenvalue weighted by molar-refractivity contribution is 1.10. The monoisotopic (exact) mass is 279 g/mol. The van der Waals surface area contributed by atoms with Gasteiger partial charge in [0.1, 0.15) is 0 Å². The predicted molar refractivity (Wildman–Crippen MR) is 89.9 cm³/mol. The first-order chi connectivity index (χ1) is 9.74. The highest BCUT2D eigenvalue weighted by Crippen LogP contribution is 2.31. The van der Waals surface area contributed by atoms with Crippen molar-refractivity contribution in [3.8, 4) is 0 Å². The molecule has 3 rings (SSSR count). The van der Waals surface area contributed by atoms with Crippen LogP contribution < -0.4 is 0 Å². The van der Waals surface area contributed by atoms with Crippen molar-refractivity contribution in [1.82, 2.24) is 0 Å². The maximum atomic E-state index is 4.40. The summed E-state index contributed by atoms with van der Waals surface area (Å²) in [6.45, 7) is 8.38. The van der Waals surface area contributed by atoms with Crippen molar-refractivity contribution in [2.75, 3.05) is 0 Å². The van der Waals surface area contributed by atoms with Gasteiger partial charge in [-0.1, -0.05) is 31.4 Å². The molecule has 0 amide bonds. The van der Waals surface area contributed by atoms with Crippen LogP contribution in [0.5, 0.6) is 0 Å². The van der Waals surface area contributed by atoms with Crippen molar-refractivity contribution in [2.24, 2.45) is 4.99 Å². The molecule has 0 atom stereocenters. The summed E-state index contributed by atoms with van der Waals surface area (Å²) in [7, 11) is 0. The average Bonchev–Trinajstić information content (AvgIpc) is 3.13. The third-order valence-corrected chi connectivity index (χ3v) is 4.61. The normalized spacial score (nSPS) is 12.4. The van der Waals surface area contributed by atoms with Crippen LogP contribution in [0.25, 0.3) is 11.1 Å². The second-order valence-corrected chi connectivity index (χ2v) is 5.99. The molecule has 1 aromatic carbocycles. The van der Waals surface area contributed by atoms with E-state index in [1.165, 1.54) is 21.6 Å². The van der Waals surface area contributed by atoms with Crippen molar-refractivity contribution in [2.45, 2.75) is 19.3 Å². The lowest BCUT2D eigenvalue weighted by atomic mass is 9.98. The van der Waals surface area contributed by atoms with Gasteiger partial charge in [-0.05, 0) is 52.6 Å². The summed E-state index contributed by atoms with van der Waals surface area (Å²) in [4.78, 5) is 5.67. The third-order valence-electron chi connectivity index (χ3n) is 3.63. The molecule has 0 aliphatic carbocycles. The minimum Gasteiger partial charge on any atom is -0.261 e. The van der Waals surface area contributed by atoms with Gasteiger partial charge < -0.3 is 0 Å². The molecule has 0 bridgehead atoms. The summed E-state index contributed by atoms with van der Waals surface area (Å²) >= 11 is 1.75. The molecule has 1 aliphatic rings. The Morgan fingerprint density at radius 3 is 2.80 bits per heavy atom. The number of hydrogen-bond acceptors (Lipinski definition) is 2. The first-order valence-electron chi connectivity index (χ1n) is 6.79. The third kappa shape index (κ3) is 2.66. The summed E-state index contributed by atoms with van der Waals surface area (Å²) < 4.78 is 0. The van der Waals surface area contributed by atoms with Gasteiger partial charge in [0.2, 0.25) is 0 Å². The first-order valence-corrected chi connectivity index (χ1v) is 7.67. The molecule has 20 heavy (non-hydrogen) atoms. The van der Waals surface area contributed by atoms with E-state index < -0.39 is 0 Å². The van der Waals surface area contributed by atoms with E-state index in [4.69, 9.17) is 0 Å². The molecule has 1 nitrogen and oxygen atoms in total. The van der Waals surface area contributed by atoms with Crippen molar-refractivity contribution in [1.29, 1.82) is 0 Å². The highest BCUT2D eigenvalue weighted by molar-refractivity contribution is 7.11. The van der Waals surface area contributed by atoms with Gasteiger partial charge in [0, 0.05) is 17.5 Å². The Kier molecular flexibility index (Phi) is 3.66. The lowest BCUT2D eigenvalue weighted by Crippen LogP contribution is -1.87. The van der Waals surface area contributed by atoms with Crippen LogP contribution in [0.15, 0.2) is 53.9 Å². The van der Waals surface area contributed by atoms with Crippen LogP contribution >= 0.6 is 11.3 Å². The largest absolute Gasteiger partial charge is 0.261 e. The first kappa shape index (κ1) is 13.1. The molecule has 2 heterocycles. The maximum Gasteiger partial charge on any atom is 0.0667 e. The minimum atomic E-state index is 0.944. The van der Waals surface area contributed by atoms with Gasteiger partial charge in [0.05, 0.1) is 5.69 Å². The van der Waals surface area contributed by atoms with Crippen LogP contribution in [-0.4, -0.2) is 6.21 Å². The second-order valence-electron chi connectivity index (χ2n) is 5.04. The van der Waals surface area contributed by atoms with Crippen LogP contribution in [-0.2, 0) is 6.42 Å². The molecule has 0 unspecified atom stereocenters. The SMILES string of the molecule is C=C(CCC(=C)c1cccs1)c1ccc2c(c1)N=CC2. The summed E-state index contributed by atoms with van der Waals surface area (Å²) in [6.07, 6.45) is 4.83. The molecular weight excluding hydrogens is 262 g/mol. The molecule has 100 valence electrons. The Labute approximate surface area is 124 Å². The van der Waals surface area contributed by atoms with Crippen LogP contribution in [0.4, 0.5) is 5.69 Å². The zero-order valence-corrected chi connectivity index (χ0v) is 12.2. The molecule has 0 N–H and O–H groups in total. The number of aliphatic imine (C=N–C) groups is 1. The summed E-state index contributed by atoms with van der Waals surface area (Å²) in [5.41, 5.74) is 5.96. The Bertz CT molecular complexity index is 677. The zero-order chi connectivity index (χ0) is 13.9. The topological polar surface area (TPSA) is 12.4 Å². The highest BCUT2D eigenvalue weighted by atomic mass is 32.1. The number of hydrogen-bond donors (Lipinski definition) is 0. The smallest absolute Gasteiger partial charge is 0.0667 e. The number of rotatable bonds is 5. The van der Waals surface area contributed by atoms with Crippen molar-refractivity contribution in [3.63, 3.8) is 0 Å². The Morgan fingerprint density at radius 1 is 1.15 bits per heavy atom. The molecule has 0 saturated heterocycles. The van der Waals surface area contributed by atoms with Crippen LogP contribution in [0.2, 0.25) is 0 Å². The quantitative estimate of drug-likeness (QED) is 0.684. The van der Waals surface area contributed by atoms with Crippen LogP contribution in [0.1, 0.15) is 28.8 Å². The van der Waals surface area contributed by atoms with Gasteiger partial charge in [-0.25, -0.2) is 0 Å². The fourth-order valence-electron chi connectivity index (χ4n) is 2.37. The zero-order valence-electron chi connectivity index (χ0n) is 11.4. The molecule has 0 spiro atoms. The Balaban J connectivity index is 1.65. The number of fused-ring (bicyclic) bond motifs is 1. The Morgan fingerprint density at radius 2 is 2.00 bits per heavy atom. The van der Waals surface area contributed by atoms with Gasteiger partial charge in [-0.3, -0.25) is 4.99 Å². The van der Waals surface area contributed by atoms with E-state index in [1.807, 2.05) is 6.21 Å². The minimum absolute atomic E-state index is 0.944. The van der Waals surface area contributed by atoms with E-state index in [0.717, 1.165) is 30.5 Å². The van der Waals surface area contributed by atoms with E-state index in [9.17, 15) is 0 Å². The number of thiophene rings is 1. The fourth-order valence-corrected chi connectivity index (χ4v) is 3.10. The fraction of sp³-hybridized carbons (Fsp3) is 0.167. The molecule has 1 aliphatic heterocycles. The molecule has 0 saturated carbocycles. The molecule has 1 aromatic heterocycles. The van der Waals surface area contributed by atoms with Gasteiger partial charge in [-0.15, -0.1) is 11.3 Å². The van der Waals surface area contributed by atoms with Gasteiger partial charge in [0.25, 0.3) is 0 Å². The standard InChI is InChI=1S/C18H17NS/c1-13(5-6-14(2)18-4-3-11-20-18)16-8-7-15-9-10-19-17(15)12-16/h3-4,7-8,10-12H,1-2,5-6,9H2. The molecule has 2 aromatic rings. The van der Waals surface area contributed by atoms with E-state index in [-0.39, 0.29) is 0 Å². The predicted octanol–water partition coefficient (Wildman–Crippen LogP) is 5.51. The number of nitrogens with zero attached hydrogens (tertiary/aromatic N) is 1. The molecule has 0 radical (unpaired) electrons. The summed E-state index contributed by atoms with van der Waals surface area (Å²) in [6, 6.07) is 10.7. The van der Waals surface area contributed by atoms with Crippen LogP contribution in [0.3, 0.4) is 0 Å². The van der Waals surface area contributed by atoms with Gasteiger partial charge in [-0.2, -0.15) is 0 Å². The van der Waals surface area contributed by atoms with Crippen molar-refractivity contribution < 1.29 is 0 Å². The van der Waals surface area contributed by atoms with E-state index in [0.29, 0.717) is 0 Å². The van der Waals surface area contributed by atoms with Crippen LogP contribution in [0, 0.1) is 0 Å². The summed E-state index contributed by atoms with van der Waals surface area (Å²) in [5.74, 6) is 0. The average molecular weight is 279 g/mol. The molecule has 0 fully saturated rings. The lowest BCUT2D eigenvalue weighted by Gasteiger charge is -2.08. The number of allylic oxidation sites excluding steroid dienone is 2. The highest BCUT2D eigenvalue weighted by Gasteiger charge is 2.09.